The van der Waals surface area contributed by atoms with E-state index in [0.29, 0.717) is 27.5 Å². The summed E-state index contributed by atoms with van der Waals surface area (Å²) in [6, 6.07) is 7.14. The van der Waals surface area contributed by atoms with Crippen LogP contribution < -0.4 is 10.0 Å². The second-order valence-corrected chi connectivity index (χ2v) is 10.1. The molecule has 4 aromatic rings. The SMILES string of the molecule is CNC(=O)c1c(-c2ccc(F)cc2)oc2nc(NS(=O)(=O)CCCn3ccnc3)c(I)cc12. The van der Waals surface area contributed by atoms with Gasteiger partial charge in [0.2, 0.25) is 15.7 Å². The molecule has 0 aliphatic rings. The van der Waals surface area contributed by atoms with Gasteiger partial charge in [-0.15, -0.1) is 0 Å². The standard InChI is InChI=1S/C21H19FIN5O4S/c1-24-20(29)17-15-11-16(23)19(27-33(30,31)10-2-8-28-9-7-25-12-28)26-21(15)32-18(17)13-3-5-14(22)6-4-13/h3-7,9,11-12H,2,8,10H2,1H3,(H,24,29)(H,26,27). The van der Waals surface area contributed by atoms with Gasteiger partial charge in [0.1, 0.15) is 11.6 Å². The number of carbonyl (C=O) groups is 1. The molecule has 3 aromatic heterocycles. The van der Waals surface area contributed by atoms with Crippen molar-refractivity contribution in [1.82, 2.24) is 19.9 Å². The first kappa shape index (κ1) is 23.2. The smallest absolute Gasteiger partial charge is 0.255 e. The molecular weight excluding hydrogens is 564 g/mol. The van der Waals surface area contributed by atoms with E-state index >= 15 is 0 Å². The van der Waals surface area contributed by atoms with E-state index in [2.05, 4.69) is 20.0 Å². The minimum atomic E-state index is -3.67. The van der Waals surface area contributed by atoms with E-state index in [4.69, 9.17) is 4.42 Å². The van der Waals surface area contributed by atoms with Crippen molar-refractivity contribution in [2.75, 3.05) is 17.5 Å². The van der Waals surface area contributed by atoms with Gasteiger partial charge in [-0.2, -0.15) is 4.98 Å². The monoisotopic (exact) mass is 583 g/mol. The topological polar surface area (TPSA) is 119 Å². The number of anilines is 1. The Kier molecular flexibility index (Phi) is 6.65. The molecule has 3 heterocycles. The number of nitrogens with zero attached hydrogens (tertiary/aromatic N) is 3. The van der Waals surface area contributed by atoms with Crippen molar-refractivity contribution in [3.8, 4) is 11.3 Å². The molecule has 2 N–H and O–H groups in total. The Morgan fingerprint density at radius 3 is 2.70 bits per heavy atom. The second-order valence-electron chi connectivity index (χ2n) is 7.14. The molecule has 4 rings (SSSR count). The number of pyridine rings is 1. The number of halogens is 2. The first-order valence-corrected chi connectivity index (χ1v) is 12.6. The number of nitrogens with one attached hydrogen (secondary N) is 2. The fourth-order valence-electron chi connectivity index (χ4n) is 3.28. The fourth-order valence-corrected chi connectivity index (χ4v) is 5.09. The third-order valence-corrected chi connectivity index (χ3v) is 6.99. The molecule has 0 saturated heterocycles. The quantitative estimate of drug-likeness (QED) is 0.306. The molecular formula is C21H19FIN5O4S. The summed E-state index contributed by atoms with van der Waals surface area (Å²) in [4.78, 5) is 20.9. The predicted molar refractivity (Wildman–Crippen MR) is 130 cm³/mol. The zero-order chi connectivity index (χ0) is 23.6. The highest BCUT2D eigenvalue weighted by atomic mass is 127. The Hall–Kier alpha value is -3.00. The molecule has 0 unspecified atom stereocenters. The summed E-state index contributed by atoms with van der Waals surface area (Å²) in [6.45, 7) is 0.513. The van der Waals surface area contributed by atoms with Gasteiger partial charge in [-0.1, -0.05) is 0 Å². The number of hydrogen-bond acceptors (Lipinski definition) is 6. The maximum atomic E-state index is 13.4. The van der Waals surface area contributed by atoms with Crippen LogP contribution in [0, 0.1) is 9.39 Å². The first-order chi connectivity index (χ1) is 15.8. The maximum Gasteiger partial charge on any atom is 0.255 e. The van der Waals surface area contributed by atoms with Crippen LogP contribution in [-0.2, 0) is 16.6 Å². The Morgan fingerprint density at radius 1 is 1.27 bits per heavy atom. The Bertz CT molecular complexity index is 1400. The minimum Gasteiger partial charge on any atom is -0.437 e. The molecule has 1 amide bonds. The van der Waals surface area contributed by atoms with Crippen molar-refractivity contribution < 1.29 is 22.0 Å². The number of sulfonamides is 1. The van der Waals surface area contributed by atoms with Crippen molar-refractivity contribution in [3.05, 3.63) is 64.0 Å². The third-order valence-electron chi connectivity index (χ3n) is 4.84. The number of amides is 1. The summed E-state index contributed by atoms with van der Waals surface area (Å²) in [5.74, 6) is -0.613. The summed E-state index contributed by atoms with van der Waals surface area (Å²) in [5.41, 5.74) is 0.813. The van der Waals surface area contributed by atoms with Gasteiger partial charge in [-0.25, -0.2) is 17.8 Å². The first-order valence-electron chi connectivity index (χ1n) is 9.84. The van der Waals surface area contributed by atoms with Gasteiger partial charge in [0.05, 0.1) is 26.6 Å². The van der Waals surface area contributed by atoms with E-state index < -0.39 is 21.7 Å². The number of hydrogen-bond donors (Lipinski definition) is 2. The lowest BCUT2D eigenvalue weighted by Crippen LogP contribution is -2.19. The fraction of sp³-hybridized carbons (Fsp3) is 0.190. The largest absolute Gasteiger partial charge is 0.437 e. The van der Waals surface area contributed by atoms with Crippen molar-refractivity contribution >= 4 is 55.4 Å². The van der Waals surface area contributed by atoms with Crippen LogP contribution in [-0.4, -0.2) is 41.7 Å². The van der Waals surface area contributed by atoms with Crippen LogP contribution in [0.2, 0.25) is 0 Å². The Morgan fingerprint density at radius 2 is 2.03 bits per heavy atom. The normalized spacial score (nSPS) is 11.6. The molecule has 0 spiro atoms. The molecule has 1 aromatic carbocycles. The predicted octanol–water partition coefficient (Wildman–Crippen LogP) is 3.63. The van der Waals surface area contributed by atoms with E-state index in [9.17, 15) is 17.6 Å². The summed E-state index contributed by atoms with van der Waals surface area (Å²) in [7, 11) is -2.19. The van der Waals surface area contributed by atoms with Crippen molar-refractivity contribution in [2.45, 2.75) is 13.0 Å². The van der Waals surface area contributed by atoms with E-state index in [1.807, 2.05) is 22.6 Å². The minimum absolute atomic E-state index is 0.0875. The van der Waals surface area contributed by atoms with Gasteiger partial charge < -0.3 is 14.3 Å². The highest BCUT2D eigenvalue weighted by molar-refractivity contribution is 14.1. The number of rotatable bonds is 8. The highest BCUT2D eigenvalue weighted by Crippen LogP contribution is 2.35. The van der Waals surface area contributed by atoms with Crippen LogP contribution in [0.1, 0.15) is 16.8 Å². The number of furan rings is 1. The number of benzene rings is 1. The lowest BCUT2D eigenvalue weighted by Gasteiger charge is -2.09. The van der Waals surface area contributed by atoms with Crippen LogP contribution in [0.15, 0.2) is 53.5 Å². The van der Waals surface area contributed by atoms with E-state index in [1.165, 1.54) is 31.3 Å². The lowest BCUT2D eigenvalue weighted by molar-refractivity contribution is 0.0964. The summed E-state index contributed by atoms with van der Waals surface area (Å²) in [6.07, 6.45) is 5.40. The van der Waals surface area contributed by atoms with Gasteiger partial charge in [0.25, 0.3) is 5.91 Å². The lowest BCUT2D eigenvalue weighted by atomic mass is 10.1. The molecule has 0 fully saturated rings. The van der Waals surface area contributed by atoms with Crippen molar-refractivity contribution in [2.24, 2.45) is 0 Å². The molecule has 172 valence electrons. The van der Waals surface area contributed by atoms with E-state index in [0.717, 1.165) is 0 Å². The summed E-state index contributed by atoms with van der Waals surface area (Å²) in [5, 5.41) is 2.98. The molecule has 0 radical (unpaired) electrons. The molecule has 0 aliphatic carbocycles. The number of aryl methyl sites for hydroxylation is 1. The zero-order valence-corrected chi connectivity index (χ0v) is 20.4. The molecule has 0 atom stereocenters. The molecule has 33 heavy (non-hydrogen) atoms. The van der Waals surface area contributed by atoms with E-state index in [1.54, 1.807) is 29.4 Å². The number of imidazole rings is 1. The summed E-state index contributed by atoms with van der Waals surface area (Å²) < 4.78 is 49.2. The zero-order valence-electron chi connectivity index (χ0n) is 17.4. The molecule has 0 aliphatic heterocycles. The third kappa shape index (κ3) is 5.16. The molecule has 0 bridgehead atoms. The van der Waals surface area contributed by atoms with Gasteiger partial charge >= 0.3 is 0 Å². The van der Waals surface area contributed by atoms with Gasteiger partial charge in [-0.3, -0.25) is 9.52 Å². The van der Waals surface area contributed by atoms with Crippen molar-refractivity contribution in [1.29, 1.82) is 0 Å². The molecule has 9 nitrogen and oxygen atoms in total. The molecule has 0 saturated carbocycles. The maximum absolute atomic E-state index is 13.4. The second kappa shape index (κ2) is 9.47. The summed E-state index contributed by atoms with van der Waals surface area (Å²) >= 11 is 1.95. The van der Waals surface area contributed by atoms with Crippen LogP contribution in [0.3, 0.4) is 0 Å². The van der Waals surface area contributed by atoms with Crippen molar-refractivity contribution in [3.63, 3.8) is 0 Å². The van der Waals surface area contributed by atoms with Crippen LogP contribution >= 0.6 is 22.6 Å². The Balaban J connectivity index is 1.66. The average Bonchev–Trinajstić information content (AvgIpc) is 3.41. The van der Waals surface area contributed by atoms with Gasteiger partial charge in [0, 0.05) is 31.5 Å². The Labute approximate surface area is 202 Å². The van der Waals surface area contributed by atoms with Gasteiger partial charge in [-0.05, 0) is 59.3 Å². The van der Waals surface area contributed by atoms with Crippen LogP contribution in [0.25, 0.3) is 22.4 Å². The molecule has 12 heteroatoms. The average molecular weight is 583 g/mol. The van der Waals surface area contributed by atoms with Crippen LogP contribution in [0.5, 0.6) is 0 Å². The van der Waals surface area contributed by atoms with E-state index in [-0.39, 0.29) is 28.6 Å². The van der Waals surface area contributed by atoms with Gasteiger partial charge in [0.15, 0.2) is 5.82 Å². The highest BCUT2D eigenvalue weighted by Gasteiger charge is 2.24. The number of fused-ring (bicyclic) bond motifs is 1. The number of carbonyl (C=O) groups excluding carboxylic acids is 1. The van der Waals surface area contributed by atoms with Crippen LogP contribution in [0.4, 0.5) is 10.2 Å². The number of aromatic nitrogens is 3.